The maximum atomic E-state index is 10.7. The van der Waals surface area contributed by atoms with Crippen molar-refractivity contribution in [1.29, 1.82) is 0 Å². The molecule has 0 unspecified atom stereocenters. The second-order valence-corrected chi connectivity index (χ2v) is 3.13. The molecule has 0 heterocycles. The maximum Gasteiger partial charge on any atom is 0.339 e. The molecule has 1 aromatic rings. The number of aromatic hydroxyl groups is 1. The van der Waals surface area contributed by atoms with Crippen molar-refractivity contribution in [1.82, 2.24) is 0 Å². The first kappa shape index (κ1) is 11.0. The number of allylic oxidation sites excluding steroid dienone is 2. The van der Waals surface area contributed by atoms with E-state index >= 15 is 0 Å². The SMILES string of the molecule is C=C/C=C\c1cc(O)c(C(=O)O)cc1C. The summed E-state index contributed by atoms with van der Waals surface area (Å²) in [6.07, 6.45) is 5.09. The van der Waals surface area contributed by atoms with Crippen LogP contribution < -0.4 is 0 Å². The van der Waals surface area contributed by atoms with Crippen molar-refractivity contribution >= 4 is 12.0 Å². The van der Waals surface area contributed by atoms with E-state index in [0.29, 0.717) is 0 Å². The Morgan fingerprint density at radius 1 is 1.47 bits per heavy atom. The Hall–Kier alpha value is -2.03. The highest BCUT2D eigenvalue weighted by Crippen LogP contribution is 2.23. The third-order valence-corrected chi connectivity index (χ3v) is 2.03. The van der Waals surface area contributed by atoms with Crippen LogP contribution in [0.5, 0.6) is 5.75 Å². The average molecular weight is 204 g/mol. The van der Waals surface area contributed by atoms with Crippen LogP contribution in [0.25, 0.3) is 6.08 Å². The van der Waals surface area contributed by atoms with Crippen molar-refractivity contribution in [3.05, 3.63) is 47.6 Å². The van der Waals surface area contributed by atoms with E-state index in [4.69, 9.17) is 5.11 Å². The topological polar surface area (TPSA) is 57.5 Å². The molecule has 0 aliphatic heterocycles. The van der Waals surface area contributed by atoms with Gasteiger partial charge in [0.05, 0.1) is 0 Å². The molecule has 1 rings (SSSR count). The van der Waals surface area contributed by atoms with Gasteiger partial charge < -0.3 is 10.2 Å². The van der Waals surface area contributed by atoms with Crippen molar-refractivity contribution < 1.29 is 15.0 Å². The van der Waals surface area contributed by atoms with E-state index < -0.39 is 5.97 Å². The molecular formula is C12H12O3. The van der Waals surface area contributed by atoms with Gasteiger partial charge in [0.15, 0.2) is 0 Å². The Balaban J connectivity index is 3.25. The zero-order valence-electron chi connectivity index (χ0n) is 8.40. The molecule has 78 valence electrons. The molecule has 0 spiro atoms. The third-order valence-electron chi connectivity index (χ3n) is 2.03. The van der Waals surface area contributed by atoms with Crippen LogP contribution in [0.3, 0.4) is 0 Å². The second-order valence-electron chi connectivity index (χ2n) is 3.13. The Bertz CT molecular complexity index is 431. The smallest absolute Gasteiger partial charge is 0.339 e. The molecule has 0 atom stereocenters. The van der Waals surface area contributed by atoms with E-state index in [1.807, 2.05) is 0 Å². The minimum atomic E-state index is -1.13. The first-order valence-electron chi connectivity index (χ1n) is 4.42. The molecule has 0 bridgehead atoms. The molecule has 0 saturated carbocycles. The van der Waals surface area contributed by atoms with Crippen LogP contribution in [0, 0.1) is 6.92 Å². The summed E-state index contributed by atoms with van der Waals surface area (Å²) in [4.78, 5) is 10.7. The Labute approximate surface area is 88.0 Å². The summed E-state index contributed by atoms with van der Waals surface area (Å²) in [5.74, 6) is -1.35. The van der Waals surface area contributed by atoms with Crippen molar-refractivity contribution in [2.24, 2.45) is 0 Å². The van der Waals surface area contributed by atoms with Crippen molar-refractivity contribution in [3.63, 3.8) is 0 Å². The summed E-state index contributed by atoms with van der Waals surface area (Å²) < 4.78 is 0. The fourth-order valence-electron chi connectivity index (χ4n) is 1.24. The zero-order valence-corrected chi connectivity index (χ0v) is 8.40. The molecule has 3 nitrogen and oxygen atoms in total. The van der Waals surface area contributed by atoms with Crippen LogP contribution in [-0.4, -0.2) is 16.2 Å². The Morgan fingerprint density at radius 3 is 2.67 bits per heavy atom. The number of phenols is 1. The van der Waals surface area contributed by atoms with Crippen LogP contribution in [0.1, 0.15) is 21.5 Å². The second kappa shape index (κ2) is 4.46. The summed E-state index contributed by atoms with van der Waals surface area (Å²) in [6, 6.07) is 2.87. The number of carboxylic acid groups (broad SMARTS) is 1. The molecule has 0 saturated heterocycles. The van der Waals surface area contributed by atoms with E-state index in [-0.39, 0.29) is 11.3 Å². The lowest BCUT2D eigenvalue weighted by atomic mass is 10.0. The summed E-state index contributed by atoms with van der Waals surface area (Å²) >= 11 is 0. The van der Waals surface area contributed by atoms with Crippen LogP contribution in [0.2, 0.25) is 0 Å². The number of carboxylic acids is 1. The van der Waals surface area contributed by atoms with Gasteiger partial charge in [-0.2, -0.15) is 0 Å². The largest absolute Gasteiger partial charge is 0.507 e. The summed E-state index contributed by atoms with van der Waals surface area (Å²) in [5.41, 5.74) is 1.49. The van der Waals surface area contributed by atoms with Crippen LogP contribution >= 0.6 is 0 Å². The predicted octanol–water partition coefficient (Wildman–Crippen LogP) is 2.60. The molecule has 15 heavy (non-hydrogen) atoms. The molecule has 1 aromatic carbocycles. The zero-order chi connectivity index (χ0) is 11.4. The minimum absolute atomic E-state index is 0.0803. The molecule has 2 N–H and O–H groups in total. The van der Waals surface area contributed by atoms with Gasteiger partial charge in [-0.3, -0.25) is 0 Å². The molecule has 0 fully saturated rings. The number of aryl methyl sites for hydroxylation is 1. The highest BCUT2D eigenvalue weighted by molar-refractivity contribution is 5.91. The number of aromatic carboxylic acids is 1. The van der Waals surface area contributed by atoms with Crippen LogP contribution in [-0.2, 0) is 0 Å². The molecule has 0 amide bonds. The van der Waals surface area contributed by atoms with E-state index in [9.17, 15) is 9.90 Å². The summed E-state index contributed by atoms with van der Waals surface area (Å²) in [7, 11) is 0. The monoisotopic (exact) mass is 204 g/mol. The first-order valence-corrected chi connectivity index (χ1v) is 4.42. The van der Waals surface area contributed by atoms with Crippen molar-refractivity contribution in [2.45, 2.75) is 6.92 Å². The quantitative estimate of drug-likeness (QED) is 0.744. The highest BCUT2D eigenvalue weighted by Gasteiger charge is 2.10. The van der Waals surface area contributed by atoms with Gasteiger partial charge in [-0.25, -0.2) is 4.79 Å². The van der Waals surface area contributed by atoms with E-state index in [1.54, 1.807) is 25.2 Å². The van der Waals surface area contributed by atoms with E-state index in [0.717, 1.165) is 11.1 Å². The number of carbonyl (C=O) groups is 1. The Morgan fingerprint density at radius 2 is 2.13 bits per heavy atom. The van der Waals surface area contributed by atoms with Gasteiger partial charge in [-0.15, -0.1) is 0 Å². The van der Waals surface area contributed by atoms with Gasteiger partial charge in [-0.1, -0.05) is 24.8 Å². The summed E-state index contributed by atoms with van der Waals surface area (Å²) in [6.45, 7) is 5.32. The molecule has 0 aliphatic rings. The molecule has 0 radical (unpaired) electrons. The van der Waals surface area contributed by atoms with Gasteiger partial charge in [0.25, 0.3) is 0 Å². The third kappa shape index (κ3) is 2.47. The molecule has 0 aromatic heterocycles. The van der Waals surface area contributed by atoms with Gasteiger partial charge >= 0.3 is 5.97 Å². The first-order chi connectivity index (χ1) is 7.06. The minimum Gasteiger partial charge on any atom is -0.507 e. The van der Waals surface area contributed by atoms with E-state index in [1.165, 1.54) is 12.1 Å². The molecular weight excluding hydrogens is 192 g/mol. The van der Waals surface area contributed by atoms with Gasteiger partial charge in [0.1, 0.15) is 11.3 Å². The van der Waals surface area contributed by atoms with Gasteiger partial charge in [0.2, 0.25) is 0 Å². The number of hydrogen-bond acceptors (Lipinski definition) is 2. The van der Waals surface area contributed by atoms with Crippen molar-refractivity contribution in [2.75, 3.05) is 0 Å². The lowest BCUT2D eigenvalue weighted by Crippen LogP contribution is -1.98. The Kier molecular flexibility index (Phi) is 3.29. The normalized spacial score (nSPS) is 10.5. The molecule has 0 aliphatic carbocycles. The number of rotatable bonds is 3. The standard InChI is InChI=1S/C12H12O3/c1-3-4-5-9-7-11(13)10(12(14)15)6-8(9)2/h3-7,13H,1H2,2H3,(H,14,15)/b5-4-. The lowest BCUT2D eigenvalue weighted by Gasteiger charge is -2.04. The van der Waals surface area contributed by atoms with Crippen LogP contribution in [0.4, 0.5) is 0 Å². The van der Waals surface area contributed by atoms with Crippen molar-refractivity contribution in [3.8, 4) is 5.75 Å². The fourth-order valence-corrected chi connectivity index (χ4v) is 1.24. The average Bonchev–Trinajstić information content (AvgIpc) is 2.18. The van der Waals surface area contributed by atoms with Gasteiger partial charge in [0, 0.05) is 0 Å². The lowest BCUT2D eigenvalue weighted by molar-refractivity contribution is 0.0693. The summed E-state index contributed by atoms with van der Waals surface area (Å²) in [5, 5.41) is 18.2. The fraction of sp³-hybridized carbons (Fsp3) is 0.0833. The maximum absolute atomic E-state index is 10.7. The number of hydrogen-bond donors (Lipinski definition) is 2. The predicted molar refractivity (Wildman–Crippen MR) is 59.0 cm³/mol. The van der Waals surface area contributed by atoms with Gasteiger partial charge in [-0.05, 0) is 30.2 Å². The van der Waals surface area contributed by atoms with E-state index in [2.05, 4.69) is 6.58 Å². The molecule has 3 heteroatoms. The van der Waals surface area contributed by atoms with Crippen LogP contribution in [0.15, 0.2) is 30.9 Å². The number of benzene rings is 1. The highest BCUT2D eigenvalue weighted by atomic mass is 16.4.